The van der Waals surface area contributed by atoms with Gasteiger partial charge in [-0.05, 0) is 12.8 Å². The summed E-state index contributed by atoms with van der Waals surface area (Å²) in [6.07, 6.45) is 0.599. The fraction of sp³-hybridized carbons (Fsp3) is 0.750. The van der Waals surface area contributed by atoms with E-state index in [4.69, 9.17) is 20.8 Å². The zero-order valence-corrected chi connectivity index (χ0v) is 13.1. The average molecular weight is 321 g/mol. The maximum absolute atomic E-state index is 12.0. The molecule has 124 valence electrons. The Labute approximate surface area is 134 Å². The SMILES string of the molecule is [C-]#[N+]C12CC3CC1C(OC2=O)C3OC(=O)COC(=O)C(C)CC. The van der Waals surface area contributed by atoms with Crippen molar-refractivity contribution in [2.45, 2.75) is 50.9 Å². The smallest absolute Gasteiger partial charge is 0.394 e. The Morgan fingerprint density at radius 3 is 2.91 bits per heavy atom. The topological polar surface area (TPSA) is 83.3 Å². The third-order valence-electron chi connectivity index (χ3n) is 5.34. The molecule has 0 N–H and O–H groups in total. The Morgan fingerprint density at radius 2 is 2.26 bits per heavy atom. The largest absolute Gasteiger partial charge is 0.456 e. The molecule has 6 unspecified atom stereocenters. The second kappa shape index (κ2) is 5.52. The number of rotatable bonds is 5. The van der Waals surface area contributed by atoms with Crippen LogP contribution in [0.1, 0.15) is 33.1 Å². The molecule has 0 aromatic carbocycles. The fourth-order valence-electron chi connectivity index (χ4n) is 3.88. The quantitative estimate of drug-likeness (QED) is 0.428. The lowest BCUT2D eigenvalue weighted by molar-refractivity contribution is -0.170. The van der Waals surface area contributed by atoms with E-state index in [1.165, 1.54) is 0 Å². The van der Waals surface area contributed by atoms with Crippen molar-refractivity contribution >= 4 is 17.9 Å². The van der Waals surface area contributed by atoms with Gasteiger partial charge in [0.25, 0.3) is 0 Å². The number of ether oxygens (including phenoxy) is 3. The maximum Gasteiger partial charge on any atom is 0.394 e. The summed E-state index contributed by atoms with van der Waals surface area (Å²) in [6, 6.07) is 0. The van der Waals surface area contributed by atoms with Crippen molar-refractivity contribution in [2.24, 2.45) is 17.8 Å². The first-order chi connectivity index (χ1) is 10.9. The predicted octanol–water partition coefficient (Wildman–Crippen LogP) is 1.11. The molecule has 3 fully saturated rings. The summed E-state index contributed by atoms with van der Waals surface area (Å²) in [4.78, 5) is 38.9. The Kier molecular flexibility index (Phi) is 3.78. The summed E-state index contributed by atoms with van der Waals surface area (Å²) < 4.78 is 15.6. The van der Waals surface area contributed by atoms with Crippen molar-refractivity contribution in [3.63, 3.8) is 0 Å². The number of carbonyl (C=O) groups excluding carboxylic acids is 3. The number of hydrogen-bond donors (Lipinski definition) is 0. The van der Waals surface area contributed by atoms with E-state index < -0.39 is 42.3 Å². The van der Waals surface area contributed by atoms with Crippen LogP contribution in [0.2, 0.25) is 0 Å². The lowest BCUT2D eigenvalue weighted by Gasteiger charge is -2.25. The molecule has 0 aromatic heterocycles. The molecule has 6 atom stereocenters. The molecule has 0 aromatic rings. The molecule has 0 amide bonds. The van der Waals surface area contributed by atoms with Crippen LogP contribution in [-0.2, 0) is 28.6 Å². The highest BCUT2D eigenvalue weighted by molar-refractivity contribution is 5.87. The van der Waals surface area contributed by atoms with Crippen molar-refractivity contribution < 1.29 is 28.6 Å². The number of fused-ring (bicyclic) bond motifs is 1. The molecule has 2 saturated carbocycles. The van der Waals surface area contributed by atoms with E-state index in [1.807, 2.05) is 6.92 Å². The summed E-state index contributed by atoms with van der Waals surface area (Å²) >= 11 is 0. The highest BCUT2D eigenvalue weighted by Crippen LogP contribution is 2.59. The second-order valence-corrected chi connectivity index (χ2v) is 6.58. The first-order valence-electron chi connectivity index (χ1n) is 7.88. The molecular formula is C16H19NO6. The summed E-state index contributed by atoms with van der Waals surface area (Å²) in [5.41, 5.74) is -1.07. The van der Waals surface area contributed by atoms with Crippen LogP contribution in [0.3, 0.4) is 0 Å². The van der Waals surface area contributed by atoms with E-state index >= 15 is 0 Å². The Hall–Kier alpha value is -2.10. The molecule has 2 aliphatic carbocycles. The van der Waals surface area contributed by atoms with Gasteiger partial charge in [0.05, 0.1) is 11.8 Å². The van der Waals surface area contributed by atoms with Gasteiger partial charge in [-0.25, -0.2) is 16.2 Å². The molecule has 0 radical (unpaired) electrons. The molecule has 0 spiro atoms. The fourth-order valence-corrected chi connectivity index (χ4v) is 3.88. The van der Waals surface area contributed by atoms with Crippen LogP contribution in [0.5, 0.6) is 0 Å². The summed E-state index contributed by atoms with van der Waals surface area (Å²) in [7, 11) is 0. The predicted molar refractivity (Wildman–Crippen MR) is 75.7 cm³/mol. The van der Waals surface area contributed by atoms with Crippen LogP contribution < -0.4 is 0 Å². The number of nitrogens with zero attached hydrogens (tertiary/aromatic N) is 1. The molecule has 7 heteroatoms. The summed E-state index contributed by atoms with van der Waals surface area (Å²) in [6.45, 7) is 10.4. The summed E-state index contributed by atoms with van der Waals surface area (Å²) in [5, 5.41) is 0. The highest BCUT2D eigenvalue weighted by Gasteiger charge is 2.77. The number of carbonyl (C=O) groups is 3. The molecule has 2 bridgehead atoms. The van der Waals surface area contributed by atoms with E-state index in [9.17, 15) is 14.4 Å². The van der Waals surface area contributed by atoms with E-state index in [0.717, 1.165) is 0 Å². The van der Waals surface area contributed by atoms with Gasteiger partial charge in [-0.3, -0.25) is 9.64 Å². The zero-order valence-electron chi connectivity index (χ0n) is 13.1. The van der Waals surface area contributed by atoms with E-state index in [0.29, 0.717) is 19.3 Å². The van der Waals surface area contributed by atoms with Crippen LogP contribution in [-0.4, -0.2) is 42.3 Å². The minimum atomic E-state index is -1.07. The Morgan fingerprint density at radius 1 is 1.52 bits per heavy atom. The minimum absolute atomic E-state index is 0.0419. The van der Waals surface area contributed by atoms with Gasteiger partial charge in [-0.1, -0.05) is 13.8 Å². The minimum Gasteiger partial charge on any atom is -0.456 e. The van der Waals surface area contributed by atoms with Crippen LogP contribution in [0.15, 0.2) is 0 Å². The lowest BCUT2D eigenvalue weighted by Crippen LogP contribution is -2.43. The third-order valence-corrected chi connectivity index (χ3v) is 5.34. The van der Waals surface area contributed by atoms with Gasteiger partial charge in [0.1, 0.15) is 6.10 Å². The Bertz CT molecular complexity index is 596. The second-order valence-electron chi connectivity index (χ2n) is 6.58. The molecular weight excluding hydrogens is 302 g/mol. The number of esters is 3. The standard InChI is InChI=1S/C16H19NO6/c1-4-8(2)14(19)21-7-11(18)22-12-9-5-10-13(12)23-15(20)16(10,6-9)17-3/h8-10,12-13H,4-7H2,1-2H3. The zero-order chi connectivity index (χ0) is 16.8. The maximum atomic E-state index is 12.0. The normalized spacial score (nSPS) is 37.9. The van der Waals surface area contributed by atoms with Gasteiger partial charge < -0.3 is 14.2 Å². The third kappa shape index (κ3) is 2.28. The molecule has 23 heavy (non-hydrogen) atoms. The average Bonchev–Trinajstić information content (AvgIpc) is 3.13. The molecule has 3 rings (SSSR count). The van der Waals surface area contributed by atoms with E-state index in [-0.39, 0.29) is 17.8 Å². The van der Waals surface area contributed by atoms with Gasteiger partial charge >= 0.3 is 23.4 Å². The molecule has 1 aliphatic heterocycles. The van der Waals surface area contributed by atoms with E-state index in [1.54, 1.807) is 6.92 Å². The van der Waals surface area contributed by atoms with Crippen LogP contribution in [0.4, 0.5) is 0 Å². The van der Waals surface area contributed by atoms with Crippen molar-refractivity contribution in [1.82, 2.24) is 0 Å². The van der Waals surface area contributed by atoms with Crippen molar-refractivity contribution in [3.05, 3.63) is 11.4 Å². The molecule has 7 nitrogen and oxygen atoms in total. The first-order valence-corrected chi connectivity index (χ1v) is 7.88. The summed E-state index contributed by atoms with van der Waals surface area (Å²) in [5.74, 6) is -2.07. The molecule has 1 heterocycles. The van der Waals surface area contributed by atoms with Crippen LogP contribution in [0, 0.1) is 24.3 Å². The molecule has 1 saturated heterocycles. The van der Waals surface area contributed by atoms with Gasteiger partial charge in [0.2, 0.25) is 0 Å². The van der Waals surface area contributed by atoms with Crippen molar-refractivity contribution in [3.8, 4) is 0 Å². The molecule has 3 aliphatic rings. The monoisotopic (exact) mass is 321 g/mol. The Balaban J connectivity index is 1.57. The van der Waals surface area contributed by atoms with Crippen molar-refractivity contribution in [1.29, 1.82) is 0 Å². The number of hydrogen-bond acceptors (Lipinski definition) is 6. The van der Waals surface area contributed by atoms with Gasteiger partial charge in [0, 0.05) is 12.3 Å². The van der Waals surface area contributed by atoms with Crippen molar-refractivity contribution in [2.75, 3.05) is 6.61 Å². The van der Waals surface area contributed by atoms with Gasteiger partial charge in [-0.15, -0.1) is 0 Å². The van der Waals surface area contributed by atoms with Crippen LogP contribution in [0.25, 0.3) is 4.85 Å². The lowest BCUT2D eigenvalue weighted by atomic mass is 9.81. The van der Waals surface area contributed by atoms with Gasteiger partial charge in [-0.2, -0.15) is 0 Å². The highest BCUT2D eigenvalue weighted by atomic mass is 16.6. The van der Waals surface area contributed by atoms with E-state index in [2.05, 4.69) is 4.85 Å². The van der Waals surface area contributed by atoms with Gasteiger partial charge in [0.15, 0.2) is 12.7 Å². The van der Waals surface area contributed by atoms with Crippen LogP contribution >= 0.6 is 0 Å². The first kappa shape index (κ1) is 15.8.